The Bertz CT molecular complexity index is 879. The molecule has 0 spiro atoms. The van der Waals surface area contributed by atoms with Crippen LogP contribution >= 0.6 is 0 Å². The summed E-state index contributed by atoms with van der Waals surface area (Å²) in [6, 6.07) is 17.3. The molecule has 0 heterocycles. The van der Waals surface area contributed by atoms with Crippen LogP contribution in [-0.2, 0) is 20.7 Å². The zero-order valence-electron chi connectivity index (χ0n) is 19.4. The lowest BCUT2D eigenvalue weighted by molar-refractivity contribution is -0.148. The van der Waals surface area contributed by atoms with Crippen molar-refractivity contribution in [3.8, 4) is 0 Å². The number of ether oxygens (including phenoxy) is 1. The number of carbonyl (C=O) groups is 3. The van der Waals surface area contributed by atoms with Gasteiger partial charge in [0.2, 0.25) is 0 Å². The highest BCUT2D eigenvalue weighted by atomic mass is 16.6. The Balaban J connectivity index is 0.000000383. The molecule has 180 valence electrons. The van der Waals surface area contributed by atoms with E-state index in [4.69, 9.17) is 14.9 Å². The van der Waals surface area contributed by atoms with Gasteiger partial charge in [0.25, 0.3) is 0 Å². The summed E-state index contributed by atoms with van der Waals surface area (Å²) in [5.41, 5.74) is 0.988. The van der Waals surface area contributed by atoms with Crippen molar-refractivity contribution in [2.45, 2.75) is 64.2 Å². The van der Waals surface area contributed by atoms with E-state index in [-0.39, 0.29) is 12.3 Å². The number of aliphatic carboxylic acids is 2. The summed E-state index contributed by atoms with van der Waals surface area (Å²) in [6.45, 7) is 6.98. The smallest absolute Gasteiger partial charge is 0.407 e. The SMILES string of the molecule is CC(C)(C)OC(=O)N[C@H](Cc1ccccc1)C(O)C(=O)O.CC[C@H](C(=O)O)c1ccccc1. The van der Waals surface area contributed by atoms with Crippen LogP contribution in [0, 0.1) is 0 Å². The van der Waals surface area contributed by atoms with Crippen molar-refractivity contribution in [2.75, 3.05) is 0 Å². The zero-order chi connectivity index (χ0) is 25.0. The molecule has 8 heteroatoms. The van der Waals surface area contributed by atoms with Gasteiger partial charge in [-0.15, -0.1) is 0 Å². The second kappa shape index (κ2) is 13.2. The normalized spacial score (nSPS) is 13.5. The third-order valence-electron chi connectivity index (χ3n) is 4.54. The fraction of sp³-hybridized carbons (Fsp3) is 0.400. The first kappa shape index (κ1) is 27.6. The van der Waals surface area contributed by atoms with Crippen molar-refractivity contribution in [3.05, 3.63) is 71.8 Å². The van der Waals surface area contributed by atoms with Gasteiger partial charge in [-0.25, -0.2) is 9.59 Å². The van der Waals surface area contributed by atoms with E-state index in [1.54, 1.807) is 45.0 Å². The predicted octanol–water partition coefficient (Wildman–Crippen LogP) is 3.83. The Morgan fingerprint density at radius 1 is 0.909 bits per heavy atom. The first-order chi connectivity index (χ1) is 15.4. The van der Waals surface area contributed by atoms with Crippen molar-refractivity contribution in [3.63, 3.8) is 0 Å². The number of benzene rings is 2. The molecule has 1 amide bonds. The minimum Gasteiger partial charge on any atom is -0.481 e. The Labute approximate surface area is 194 Å². The van der Waals surface area contributed by atoms with Gasteiger partial charge in [-0.1, -0.05) is 67.6 Å². The highest BCUT2D eigenvalue weighted by Gasteiger charge is 2.29. The molecule has 1 unspecified atom stereocenters. The van der Waals surface area contributed by atoms with Crippen molar-refractivity contribution < 1.29 is 34.4 Å². The molecule has 0 aliphatic carbocycles. The maximum Gasteiger partial charge on any atom is 0.407 e. The second-order valence-electron chi connectivity index (χ2n) is 8.44. The number of hydrogen-bond acceptors (Lipinski definition) is 5. The molecule has 2 aromatic carbocycles. The maximum atomic E-state index is 11.7. The van der Waals surface area contributed by atoms with Gasteiger partial charge in [0.05, 0.1) is 12.0 Å². The van der Waals surface area contributed by atoms with Crippen LogP contribution in [0.3, 0.4) is 0 Å². The third kappa shape index (κ3) is 10.7. The van der Waals surface area contributed by atoms with E-state index >= 15 is 0 Å². The highest BCUT2D eigenvalue weighted by Crippen LogP contribution is 2.18. The standard InChI is InChI=1S/C15H21NO5.C10H12O2/c1-15(2,3)21-14(20)16-11(12(17)13(18)19)9-10-7-5-4-6-8-10;1-2-9(10(11)12)8-6-4-3-5-7-8/h4-8,11-12,17H,9H2,1-3H3,(H,16,20)(H,18,19);3-7,9H,2H2,1H3,(H,11,12)/t11-,12?;9-/m10/s1. The van der Waals surface area contributed by atoms with Crippen LogP contribution in [0.5, 0.6) is 0 Å². The maximum absolute atomic E-state index is 11.7. The average Bonchev–Trinajstić information content (AvgIpc) is 2.73. The van der Waals surface area contributed by atoms with Crippen molar-refractivity contribution in [2.24, 2.45) is 0 Å². The van der Waals surface area contributed by atoms with Crippen LogP contribution in [0.4, 0.5) is 4.79 Å². The summed E-state index contributed by atoms with van der Waals surface area (Å²) < 4.78 is 5.08. The summed E-state index contributed by atoms with van der Waals surface area (Å²) in [4.78, 5) is 33.4. The number of amides is 1. The predicted molar refractivity (Wildman–Crippen MR) is 124 cm³/mol. The van der Waals surface area contributed by atoms with Crippen LogP contribution < -0.4 is 5.32 Å². The minimum atomic E-state index is -1.71. The fourth-order valence-electron chi connectivity index (χ4n) is 2.98. The van der Waals surface area contributed by atoms with E-state index in [0.29, 0.717) is 6.42 Å². The minimum absolute atomic E-state index is 0.188. The number of carboxylic acid groups (broad SMARTS) is 2. The monoisotopic (exact) mass is 459 g/mol. The Morgan fingerprint density at radius 3 is 1.85 bits per heavy atom. The quantitative estimate of drug-likeness (QED) is 0.471. The van der Waals surface area contributed by atoms with E-state index in [1.807, 2.05) is 43.3 Å². The zero-order valence-corrected chi connectivity index (χ0v) is 19.4. The molecule has 0 bridgehead atoms. The highest BCUT2D eigenvalue weighted by molar-refractivity contribution is 5.76. The number of carbonyl (C=O) groups excluding carboxylic acids is 1. The van der Waals surface area contributed by atoms with Gasteiger partial charge >= 0.3 is 18.0 Å². The average molecular weight is 460 g/mol. The molecule has 0 aliphatic heterocycles. The van der Waals surface area contributed by atoms with Crippen molar-refractivity contribution in [1.29, 1.82) is 0 Å². The van der Waals surface area contributed by atoms with Gasteiger partial charge < -0.3 is 25.4 Å². The number of aliphatic hydroxyl groups excluding tert-OH is 1. The third-order valence-corrected chi connectivity index (χ3v) is 4.54. The van der Waals surface area contributed by atoms with Crippen molar-refractivity contribution in [1.82, 2.24) is 5.32 Å². The lowest BCUT2D eigenvalue weighted by Gasteiger charge is -2.25. The van der Waals surface area contributed by atoms with Crippen LogP contribution in [-0.4, -0.2) is 51.1 Å². The van der Waals surface area contributed by atoms with Crippen LogP contribution in [0.15, 0.2) is 60.7 Å². The molecule has 2 rings (SSSR count). The topological polar surface area (TPSA) is 133 Å². The molecule has 0 saturated heterocycles. The largest absolute Gasteiger partial charge is 0.481 e. The first-order valence-electron chi connectivity index (χ1n) is 10.7. The first-order valence-corrected chi connectivity index (χ1v) is 10.7. The number of rotatable bonds is 8. The van der Waals surface area contributed by atoms with Gasteiger partial charge in [0, 0.05) is 0 Å². The number of nitrogens with one attached hydrogen (secondary N) is 1. The van der Waals surface area contributed by atoms with Crippen LogP contribution in [0.1, 0.15) is 51.2 Å². The van der Waals surface area contributed by atoms with Crippen LogP contribution in [0.2, 0.25) is 0 Å². The van der Waals surface area contributed by atoms with Gasteiger partial charge in [-0.3, -0.25) is 4.79 Å². The Morgan fingerprint density at radius 2 is 1.42 bits per heavy atom. The molecule has 8 nitrogen and oxygen atoms in total. The molecule has 0 saturated carbocycles. The Hall–Kier alpha value is -3.39. The molecule has 0 aromatic heterocycles. The molecule has 0 radical (unpaired) electrons. The molecule has 3 atom stereocenters. The van der Waals surface area contributed by atoms with E-state index < -0.39 is 35.8 Å². The number of alkyl carbamates (subject to hydrolysis) is 1. The molecule has 33 heavy (non-hydrogen) atoms. The van der Waals surface area contributed by atoms with E-state index in [2.05, 4.69) is 5.32 Å². The van der Waals surface area contributed by atoms with Crippen LogP contribution in [0.25, 0.3) is 0 Å². The van der Waals surface area contributed by atoms with Gasteiger partial charge in [0.15, 0.2) is 6.10 Å². The summed E-state index contributed by atoms with van der Waals surface area (Å²) in [5.74, 6) is -2.50. The lowest BCUT2D eigenvalue weighted by Crippen LogP contribution is -2.49. The lowest BCUT2D eigenvalue weighted by atomic mass is 9.97. The van der Waals surface area contributed by atoms with E-state index in [9.17, 15) is 19.5 Å². The summed E-state index contributed by atoms with van der Waals surface area (Å²) in [6.07, 6.45) is -1.64. The molecule has 2 aromatic rings. The second-order valence-corrected chi connectivity index (χ2v) is 8.44. The summed E-state index contributed by atoms with van der Waals surface area (Å²) in [5, 5.41) is 29.9. The molecule has 0 aliphatic rings. The van der Waals surface area contributed by atoms with E-state index in [0.717, 1.165) is 11.1 Å². The van der Waals surface area contributed by atoms with E-state index in [1.165, 1.54) is 0 Å². The summed E-state index contributed by atoms with van der Waals surface area (Å²) >= 11 is 0. The van der Waals surface area contributed by atoms with Gasteiger partial charge in [-0.2, -0.15) is 0 Å². The van der Waals surface area contributed by atoms with Gasteiger partial charge in [0.1, 0.15) is 5.60 Å². The fourth-order valence-corrected chi connectivity index (χ4v) is 2.98. The van der Waals surface area contributed by atoms with Gasteiger partial charge in [-0.05, 0) is 44.7 Å². The summed E-state index contributed by atoms with van der Waals surface area (Å²) in [7, 11) is 0. The molecule has 4 N–H and O–H groups in total. The molecular formula is C25H33NO7. The van der Waals surface area contributed by atoms with Crippen molar-refractivity contribution >= 4 is 18.0 Å². The number of aliphatic hydroxyl groups is 1. The molecular weight excluding hydrogens is 426 g/mol. The Kier molecular flexibility index (Phi) is 11.1. The molecule has 0 fully saturated rings. The number of carboxylic acids is 2. The number of hydrogen-bond donors (Lipinski definition) is 4.